The van der Waals surface area contributed by atoms with E-state index in [1.807, 2.05) is 32.9 Å². The van der Waals surface area contributed by atoms with Crippen molar-refractivity contribution in [1.29, 1.82) is 0 Å². The number of pyridine rings is 1. The summed E-state index contributed by atoms with van der Waals surface area (Å²) in [6, 6.07) is 27.6. The van der Waals surface area contributed by atoms with Crippen molar-refractivity contribution in [3.05, 3.63) is 198 Å². The number of benzene rings is 7. The Balaban J connectivity index is 0.00000964. The van der Waals surface area contributed by atoms with Crippen LogP contribution in [0.4, 0.5) is 0 Å². The van der Waals surface area contributed by atoms with Crippen LogP contribution in [0.25, 0.3) is 72.3 Å². The second-order valence-corrected chi connectivity index (χ2v) is 17.0. The summed E-state index contributed by atoms with van der Waals surface area (Å²) in [6.07, 6.45) is -4.53. The van der Waals surface area contributed by atoms with Gasteiger partial charge in [-0.1, -0.05) is 163 Å². The molecule has 336 valence electrons. The SMILES string of the molecule is [2H]c1c([2H])c([2H])c(-c2cnc(-n3c4[c-]c(Oc5[c-]c(-n6[c-][n+](-c7c(-c8c([2H])c([2H])c9c(c8[2H])C(C([2H])([2H])[2H])(C([2H])([2H])[2H])C([2H])([2H])C([2H])([2H])C9(C([2H])([2H])[2H])C([2H])([2H])[2H])cccc7C(C)(C)C)c7ccccc76)ccc5)ccc4c4ccccc43)cc2C([2H])([2H])[2H])c([2H])c1[2H].[Pt]. The smallest absolute Gasteiger partial charge is 0.268 e. The van der Waals surface area contributed by atoms with Crippen LogP contribution < -0.4 is 9.30 Å². The van der Waals surface area contributed by atoms with Crippen molar-refractivity contribution in [1.82, 2.24) is 14.1 Å². The number of aryl methyl sites for hydroxylation is 1. The van der Waals surface area contributed by atoms with Crippen molar-refractivity contribution in [2.24, 2.45) is 0 Å². The van der Waals surface area contributed by atoms with Gasteiger partial charge in [0.1, 0.15) is 5.82 Å². The van der Waals surface area contributed by atoms with Gasteiger partial charge in [0.05, 0.1) is 27.7 Å². The standard InChI is InChI=1S/C61H54N4O.Pt/c1-40-34-57(62-38-49(40)41-18-10-9-11-19-41)65-53-25-13-12-22-47(53)48-30-29-45(37-56(48)65)66-44-21-16-20-43(36-44)63-39-64(55-27-15-14-26-54(55)63)58-46(23-17-24-51(58)59(2,3)4)42-28-31-50-52(35-42)61(7,8)33-32-60(50,5)6;/h9-31,34-35,38H,32-33H2,1-8H3;/q-2;/i1D3,5D3,6D3,7D3,8D3,9D,10D,11D,18D,19D,28D,31D,32D2,33D2,35D;. The molecule has 0 unspecified atom stereocenters. The van der Waals surface area contributed by atoms with Crippen molar-refractivity contribution >= 4 is 32.8 Å². The molecule has 0 N–H and O–H groups in total. The number of rotatable bonds is 7. The molecule has 7 aromatic carbocycles. The molecule has 3 heterocycles. The molecule has 0 saturated heterocycles. The first-order valence-corrected chi connectivity index (χ1v) is 20.8. The largest absolute Gasteiger partial charge is 0.510 e. The van der Waals surface area contributed by atoms with Crippen LogP contribution >= 0.6 is 0 Å². The zero-order chi connectivity index (χ0) is 68.6. The van der Waals surface area contributed by atoms with E-state index in [9.17, 15) is 9.60 Å². The van der Waals surface area contributed by atoms with Crippen molar-refractivity contribution in [3.63, 3.8) is 0 Å². The van der Waals surface area contributed by atoms with E-state index >= 15 is 0 Å². The predicted octanol–water partition coefficient (Wildman–Crippen LogP) is 14.9. The van der Waals surface area contributed by atoms with Crippen LogP contribution in [-0.4, -0.2) is 14.1 Å². The van der Waals surface area contributed by atoms with Gasteiger partial charge < -0.3 is 13.9 Å². The first-order valence-electron chi connectivity index (χ1n) is 34.3. The molecule has 0 amide bonds. The van der Waals surface area contributed by atoms with E-state index in [4.69, 9.17) is 32.2 Å². The van der Waals surface area contributed by atoms with Gasteiger partial charge in [0.2, 0.25) is 0 Å². The van der Waals surface area contributed by atoms with Gasteiger partial charge in [0.25, 0.3) is 6.33 Å². The van der Waals surface area contributed by atoms with Gasteiger partial charge in [-0.05, 0) is 98.0 Å². The number of ether oxygens (including phenoxy) is 1. The van der Waals surface area contributed by atoms with Crippen LogP contribution in [0.2, 0.25) is 0 Å². The molecule has 1 aliphatic rings. The molecule has 0 saturated carbocycles. The van der Waals surface area contributed by atoms with Crippen molar-refractivity contribution in [3.8, 4) is 50.9 Å². The molecule has 0 atom stereocenters. The normalized spacial score (nSPS) is 22.6. The summed E-state index contributed by atoms with van der Waals surface area (Å²) in [6.45, 7) is -14.4. The van der Waals surface area contributed by atoms with Crippen LogP contribution in [-0.2, 0) is 37.3 Å². The maximum Gasteiger partial charge on any atom is 0.268 e. The molecule has 5 nitrogen and oxygen atoms in total. The molecule has 0 fully saturated rings. The molecular formula is C61H54N4OPt-2. The second-order valence-electron chi connectivity index (χ2n) is 17.0. The monoisotopic (exact) mass is 1080 g/mol. The number of imidazole rings is 1. The fourth-order valence-electron chi connectivity index (χ4n) is 8.48. The molecule has 0 radical (unpaired) electrons. The topological polar surface area (TPSA) is 35.9 Å². The maximum absolute atomic E-state index is 10.1. The summed E-state index contributed by atoms with van der Waals surface area (Å²) in [5.41, 5.74) is -11.9. The summed E-state index contributed by atoms with van der Waals surface area (Å²) in [4.78, 5) is 4.64. The van der Waals surface area contributed by atoms with Gasteiger partial charge >= 0.3 is 0 Å². The average Bonchev–Trinajstić information content (AvgIpc) is 0.748. The van der Waals surface area contributed by atoms with E-state index in [1.165, 1.54) is 29.0 Å². The summed E-state index contributed by atoms with van der Waals surface area (Å²) < 4.78 is 251. The number of fused-ring (bicyclic) bond motifs is 5. The Kier molecular flexibility index (Phi) is 5.71. The molecule has 0 spiro atoms. The van der Waals surface area contributed by atoms with Gasteiger partial charge in [0.15, 0.2) is 0 Å². The van der Waals surface area contributed by atoms with Crippen LogP contribution in [0.15, 0.2) is 158 Å². The van der Waals surface area contributed by atoms with Crippen molar-refractivity contribution < 1.29 is 67.4 Å². The zero-order valence-electron chi connectivity index (χ0n) is 62.9. The predicted molar refractivity (Wildman–Crippen MR) is 270 cm³/mol. The number of hydrogen-bond donors (Lipinski definition) is 0. The van der Waals surface area contributed by atoms with Crippen LogP contribution in [0.5, 0.6) is 11.5 Å². The average molecular weight is 1080 g/mol. The summed E-state index contributed by atoms with van der Waals surface area (Å²) in [5, 5.41) is 1.37. The zero-order valence-corrected chi connectivity index (χ0v) is 38.2. The Bertz CT molecular complexity index is 4700. The van der Waals surface area contributed by atoms with E-state index < -0.39 is 128 Å². The molecule has 10 aromatic rings. The second kappa shape index (κ2) is 16.6. The van der Waals surface area contributed by atoms with E-state index in [-0.39, 0.29) is 66.3 Å². The fraction of sp³-hybridized carbons (Fsp3) is 0.213. The molecule has 67 heavy (non-hydrogen) atoms. The number of para-hydroxylation sites is 4. The van der Waals surface area contributed by atoms with Crippen molar-refractivity contribution in [2.45, 2.75) is 84.0 Å². The molecular weight excluding hydrogens is 1000 g/mol. The maximum atomic E-state index is 10.1. The minimum Gasteiger partial charge on any atom is -0.510 e. The van der Waals surface area contributed by atoms with Crippen LogP contribution in [0, 0.1) is 25.3 Å². The minimum atomic E-state index is -4.52. The molecule has 11 rings (SSSR count). The van der Waals surface area contributed by atoms with E-state index in [1.54, 1.807) is 81.9 Å². The Morgan fingerprint density at radius 2 is 1.48 bits per heavy atom. The number of hydrogen-bond acceptors (Lipinski definition) is 2. The fourth-order valence-corrected chi connectivity index (χ4v) is 8.48. The molecule has 0 bridgehead atoms. The summed E-state index contributed by atoms with van der Waals surface area (Å²) >= 11 is 0. The van der Waals surface area contributed by atoms with Crippen LogP contribution in [0.1, 0.15) is 120 Å². The van der Waals surface area contributed by atoms with Gasteiger partial charge in [-0.15, -0.1) is 29.7 Å². The quantitative estimate of drug-likeness (QED) is 0.118. The molecule has 0 aliphatic heterocycles. The number of nitrogens with zero attached hydrogens (tertiary/aromatic N) is 4. The first kappa shape index (κ1) is 23.0. The van der Waals surface area contributed by atoms with E-state index in [0.717, 1.165) is 5.39 Å². The van der Waals surface area contributed by atoms with Gasteiger partial charge in [-0.25, -0.2) is 4.98 Å². The third-order valence-corrected chi connectivity index (χ3v) is 11.6. The Morgan fingerprint density at radius 1 is 0.731 bits per heavy atom. The molecule has 1 aliphatic carbocycles. The summed E-state index contributed by atoms with van der Waals surface area (Å²) in [7, 11) is 0. The van der Waals surface area contributed by atoms with Gasteiger partial charge in [0, 0.05) is 75.9 Å². The van der Waals surface area contributed by atoms with Crippen LogP contribution in [0.3, 0.4) is 0 Å². The van der Waals surface area contributed by atoms with Gasteiger partial charge in [-0.3, -0.25) is 4.57 Å². The third-order valence-electron chi connectivity index (χ3n) is 11.6. The van der Waals surface area contributed by atoms with E-state index in [2.05, 4.69) is 23.4 Å². The molecule has 6 heteroatoms. The molecule has 3 aromatic heterocycles. The third kappa shape index (κ3) is 7.72. The Labute approximate surface area is 446 Å². The van der Waals surface area contributed by atoms with E-state index in [0.29, 0.717) is 38.7 Å². The van der Waals surface area contributed by atoms with Crippen molar-refractivity contribution in [2.75, 3.05) is 0 Å². The Morgan fingerprint density at radius 3 is 2.27 bits per heavy atom. The number of aromatic nitrogens is 4. The minimum absolute atomic E-state index is 0. The summed E-state index contributed by atoms with van der Waals surface area (Å²) in [5.74, 6) is 0.356. The Hall–Kier alpha value is -6.55. The first-order chi connectivity index (χ1) is 42.8. The van der Waals surface area contributed by atoms with Gasteiger partial charge in [-0.2, -0.15) is 18.2 Å².